The maximum atomic E-state index is 13.7. The van der Waals surface area contributed by atoms with Crippen molar-refractivity contribution in [3.8, 4) is 5.75 Å². The fourth-order valence-electron chi connectivity index (χ4n) is 1.64. The molecule has 1 aromatic carbocycles. The van der Waals surface area contributed by atoms with Crippen LogP contribution < -0.4 is 4.74 Å². The first-order valence-electron chi connectivity index (χ1n) is 5.20. The van der Waals surface area contributed by atoms with Gasteiger partial charge < -0.3 is 4.74 Å². The molecule has 0 bridgehead atoms. The van der Waals surface area contributed by atoms with E-state index in [4.69, 9.17) is 4.74 Å². The predicted octanol–water partition coefficient (Wildman–Crippen LogP) is 2.78. The third-order valence-corrected chi connectivity index (χ3v) is 2.69. The second kappa shape index (κ2) is 4.64. The number of carbonyl (C=O) groups excluding carboxylic acids is 1. The highest BCUT2D eigenvalue weighted by molar-refractivity contribution is 5.96. The summed E-state index contributed by atoms with van der Waals surface area (Å²) in [6, 6.07) is 2.14. The minimum Gasteiger partial charge on any atom is -0.497 e. The summed E-state index contributed by atoms with van der Waals surface area (Å²) in [7, 11) is 1.32. The van der Waals surface area contributed by atoms with Crippen molar-refractivity contribution in [2.45, 2.75) is 13.3 Å². The average Bonchev–Trinajstić information content (AvgIpc) is 2.64. The molecule has 0 radical (unpaired) electrons. The van der Waals surface area contributed by atoms with E-state index in [9.17, 15) is 13.6 Å². The summed E-state index contributed by atoms with van der Waals surface area (Å²) < 4.78 is 32.1. The van der Waals surface area contributed by atoms with Crippen molar-refractivity contribution in [1.82, 2.24) is 0 Å². The second-order valence-corrected chi connectivity index (χ2v) is 3.82. The van der Waals surface area contributed by atoms with Crippen LogP contribution in [0.4, 0.5) is 8.78 Å². The first kappa shape index (κ1) is 12.3. The van der Waals surface area contributed by atoms with Gasteiger partial charge in [-0.15, -0.1) is 5.11 Å². The first-order chi connectivity index (χ1) is 8.52. The Balaban J connectivity index is 2.36. The smallest absolute Gasteiger partial charge is 0.293 e. The zero-order valence-electron chi connectivity index (χ0n) is 9.83. The van der Waals surface area contributed by atoms with E-state index >= 15 is 0 Å². The molecule has 2 rings (SSSR count). The van der Waals surface area contributed by atoms with Gasteiger partial charge in [-0.1, -0.05) is 0 Å². The van der Waals surface area contributed by atoms with Gasteiger partial charge in [0.2, 0.25) is 0 Å². The minimum absolute atomic E-state index is 0.0894. The molecule has 1 aromatic rings. The maximum absolute atomic E-state index is 13.7. The number of amides is 1. The molecular weight excluding hydrogens is 242 g/mol. The van der Waals surface area contributed by atoms with Gasteiger partial charge in [-0.3, -0.25) is 4.79 Å². The van der Waals surface area contributed by atoms with E-state index in [0.29, 0.717) is 5.70 Å². The molecule has 0 saturated carbocycles. The summed E-state index contributed by atoms with van der Waals surface area (Å²) in [5, 5.41) is 6.90. The highest BCUT2D eigenvalue weighted by atomic mass is 19.1. The van der Waals surface area contributed by atoms with Crippen LogP contribution in [-0.4, -0.2) is 13.0 Å². The number of rotatable bonds is 3. The lowest BCUT2D eigenvalue weighted by atomic mass is 10.0. The Labute approximate surface area is 102 Å². The summed E-state index contributed by atoms with van der Waals surface area (Å²) in [6.45, 7) is 1.57. The number of carbonyl (C=O) groups is 1. The normalized spacial score (nSPS) is 14.6. The van der Waals surface area contributed by atoms with Crippen LogP contribution >= 0.6 is 0 Å². The molecule has 0 N–H and O–H groups in total. The van der Waals surface area contributed by atoms with Crippen LogP contribution in [0.5, 0.6) is 5.75 Å². The number of ether oxygens (including phenoxy) is 1. The standard InChI is InChI=1S/C12H10F2N2O2/c1-6-8(12(17)16-15-6)5-9-10(13)3-7(18-2)4-11(9)14/h3-4H,5H2,1-2H3. The molecule has 1 heterocycles. The molecule has 1 aliphatic rings. The third-order valence-electron chi connectivity index (χ3n) is 2.69. The van der Waals surface area contributed by atoms with E-state index in [2.05, 4.69) is 10.2 Å². The SMILES string of the molecule is COc1cc(F)c(CC2=C(C)N=NC2=O)c(F)c1. The van der Waals surface area contributed by atoms with Crippen molar-refractivity contribution < 1.29 is 18.3 Å². The quantitative estimate of drug-likeness (QED) is 0.830. The minimum atomic E-state index is -0.758. The van der Waals surface area contributed by atoms with Crippen LogP contribution in [0.1, 0.15) is 12.5 Å². The van der Waals surface area contributed by atoms with Gasteiger partial charge in [0.15, 0.2) is 0 Å². The van der Waals surface area contributed by atoms with Crippen molar-refractivity contribution in [3.05, 3.63) is 40.6 Å². The molecule has 4 nitrogen and oxygen atoms in total. The van der Waals surface area contributed by atoms with Crippen molar-refractivity contribution >= 4 is 5.91 Å². The summed E-state index contributed by atoms with van der Waals surface area (Å²) in [6.07, 6.45) is -0.167. The van der Waals surface area contributed by atoms with Gasteiger partial charge in [0.1, 0.15) is 17.4 Å². The number of hydrogen-bond donors (Lipinski definition) is 0. The third kappa shape index (κ3) is 2.13. The predicted molar refractivity (Wildman–Crippen MR) is 59.2 cm³/mol. The Kier molecular flexibility index (Phi) is 3.18. The van der Waals surface area contributed by atoms with E-state index in [1.165, 1.54) is 7.11 Å². The van der Waals surface area contributed by atoms with Crippen LogP contribution in [0.3, 0.4) is 0 Å². The fraction of sp³-hybridized carbons (Fsp3) is 0.250. The number of benzene rings is 1. The number of nitrogens with zero attached hydrogens (tertiary/aromatic N) is 2. The highest BCUT2D eigenvalue weighted by Crippen LogP contribution is 2.26. The number of azo groups is 1. The maximum Gasteiger partial charge on any atom is 0.293 e. The lowest BCUT2D eigenvalue weighted by Gasteiger charge is -2.07. The Morgan fingerprint density at radius 2 is 1.83 bits per heavy atom. The molecule has 0 spiro atoms. The molecule has 1 aliphatic heterocycles. The van der Waals surface area contributed by atoms with E-state index in [0.717, 1.165) is 12.1 Å². The van der Waals surface area contributed by atoms with Crippen LogP contribution in [-0.2, 0) is 11.2 Å². The summed E-state index contributed by atoms with van der Waals surface area (Å²) in [4.78, 5) is 11.3. The molecule has 0 aliphatic carbocycles. The van der Waals surface area contributed by atoms with Gasteiger partial charge in [0, 0.05) is 29.7 Å². The highest BCUT2D eigenvalue weighted by Gasteiger charge is 2.22. The topological polar surface area (TPSA) is 51.0 Å². The lowest BCUT2D eigenvalue weighted by molar-refractivity contribution is -0.114. The molecule has 94 valence electrons. The van der Waals surface area contributed by atoms with Gasteiger partial charge in [0.05, 0.1) is 12.8 Å². The largest absolute Gasteiger partial charge is 0.497 e. The fourth-order valence-corrected chi connectivity index (χ4v) is 1.64. The Bertz CT molecular complexity index is 556. The van der Waals surface area contributed by atoms with Crippen LogP contribution in [0, 0.1) is 11.6 Å². The molecule has 0 saturated heterocycles. The van der Waals surface area contributed by atoms with Gasteiger partial charge in [-0.25, -0.2) is 8.78 Å². The number of halogens is 2. The van der Waals surface area contributed by atoms with E-state index in [-0.39, 0.29) is 23.3 Å². The lowest BCUT2D eigenvalue weighted by Crippen LogP contribution is -2.05. The Morgan fingerprint density at radius 1 is 1.22 bits per heavy atom. The molecule has 1 amide bonds. The molecule has 0 aromatic heterocycles. The van der Waals surface area contributed by atoms with Crippen molar-refractivity contribution in [2.75, 3.05) is 7.11 Å². The number of methoxy groups -OCH3 is 1. The van der Waals surface area contributed by atoms with Crippen molar-refractivity contribution in [2.24, 2.45) is 10.2 Å². The van der Waals surface area contributed by atoms with Crippen LogP contribution in [0.15, 0.2) is 33.6 Å². The average molecular weight is 252 g/mol. The van der Waals surface area contributed by atoms with E-state index in [1.807, 2.05) is 0 Å². The Morgan fingerprint density at radius 3 is 2.28 bits per heavy atom. The second-order valence-electron chi connectivity index (χ2n) is 3.82. The molecule has 6 heteroatoms. The van der Waals surface area contributed by atoms with E-state index in [1.54, 1.807) is 6.92 Å². The molecular formula is C12H10F2N2O2. The molecule has 0 unspecified atom stereocenters. The van der Waals surface area contributed by atoms with Crippen molar-refractivity contribution in [3.63, 3.8) is 0 Å². The molecule has 0 fully saturated rings. The van der Waals surface area contributed by atoms with Crippen molar-refractivity contribution in [1.29, 1.82) is 0 Å². The first-order valence-corrected chi connectivity index (χ1v) is 5.20. The summed E-state index contributed by atoms with van der Waals surface area (Å²) in [5.41, 5.74) is 0.401. The van der Waals surface area contributed by atoms with Gasteiger partial charge in [-0.05, 0) is 6.92 Å². The van der Waals surface area contributed by atoms with Gasteiger partial charge in [-0.2, -0.15) is 5.11 Å². The Hall–Kier alpha value is -2.11. The zero-order valence-corrected chi connectivity index (χ0v) is 9.83. The number of allylic oxidation sites excluding steroid dienone is 1. The number of hydrogen-bond acceptors (Lipinski definition) is 3. The molecule has 0 atom stereocenters. The van der Waals surface area contributed by atoms with E-state index < -0.39 is 17.5 Å². The van der Waals surface area contributed by atoms with Gasteiger partial charge >= 0.3 is 0 Å². The summed E-state index contributed by atoms with van der Waals surface area (Å²) >= 11 is 0. The van der Waals surface area contributed by atoms with Gasteiger partial charge in [0.25, 0.3) is 5.91 Å². The monoisotopic (exact) mass is 252 g/mol. The van der Waals surface area contributed by atoms with Crippen LogP contribution in [0.25, 0.3) is 0 Å². The van der Waals surface area contributed by atoms with Crippen LogP contribution in [0.2, 0.25) is 0 Å². The zero-order chi connectivity index (χ0) is 13.3. The molecule has 18 heavy (non-hydrogen) atoms. The summed E-state index contributed by atoms with van der Waals surface area (Å²) in [5.74, 6) is -1.98.